The lowest BCUT2D eigenvalue weighted by atomic mass is 10.1. The van der Waals surface area contributed by atoms with Crippen molar-refractivity contribution in [2.24, 2.45) is 5.73 Å². The van der Waals surface area contributed by atoms with Gasteiger partial charge in [0, 0.05) is 12.6 Å². The minimum Gasteiger partial charge on any atom is -0.364 e. The molecule has 0 saturated carbocycles. The summed E-state index contributed by atoms with van der Waals surface area (Å²) >= 11 is 0. The number of hydrogen-bond acceptors (Lipinski definition) is 4. The molecule has 0 bridgehead atoms. The largest absolute Gasteiger partial charge is 0.364 e. The van der Waals surface area contributed by atoms with E-state index >= 15 is 0 Å². The fourth-order valence-electron chi connectivity index (χ4n) is 1.64. The summed E-state index contributed by atoms with van der Waals surface area (Å²) in [6.45, 7) is 1.27. The van der Waals surface area contributed by atoms with E-state index in [4.69, 9.17) is 10.3 Å². The van der Waals surface area contributed by atoms with E-state index in [1.165, 1.54) is 6.26 Å². The normalized spacial score (nSPS) is 22.8. The zero-order chi connectivity index (χ0) is 9.97. The van der Waals surface area contributed by atoms with Gasteiger partial charge in [0.2, 0.25) is 5.91 Å². The first-order valence-electron chi connectivity index (χ1n) is 4.71. The predicted molar refractivity (Wildman–Crippen MR) is 49.1 cm³/mol. The van der Waals surface area contributed by atoms with Crippen molar-refractivity contribution >= 4 is 5.91 Å². The lowest BCUT2D eigenvalue weighted by Crippen LogP contribution is -2.47. The number of nitrogens with zero attached hydrogens (tertiary/aromatic N) is 2. The molecule has 1 fully saturated rings. The van der Waals surface area contributed by atoms with Crippen molar-refractivity contribution in [3.63, 3.8) is 0 Å². The number of likely N-dealkylation sites (tertiary alicyclic amines) is 1. The van der Waals surface area contributed by atoms with Crippen LogP contribution in [0.25, 0.3) is 0 Å². The smallest absolute Gasteiger partial charge is 0.239 e. The number of carbonyl (C=O) groups is 1. The molecule has 5 nitrogen and oxygen atoms in total. The minimum absolute atomic E-state index is 0.0132. The number of hydrogen-bond donors (Lipinski definition) is 1. The summed E-state index contributed by atoms with van der Waals surface area (Å²) < 4.78 is 4.70. The van der Waals surface area contributed by atoms with Crippen LogP contribution in [-0.2, 0) is 11.3 Å². The number of aromatic nitrogens is 1. The van der Waals surface area contributed by atoms with Gasteiger partial charge in [-0.15, -0.1) is 0 Å². The first-order valence-corrected chi connectivity index (χ1v) is 4.71. The summed E-state index contributed by atoms with van der Waals surface area (Å²) in [6.07, 6.45) is 3.25. The highest BCUT2D eigenvalue weighted by atomic mass is 16.5. The van der Waals surface area contributed by atoms with Crippen LogP contribution in [0.2, 0.25) is 0 Å². The average molecular weight is 195 g/mol. The van der Waals surface area contributed by atoms with Crippen LogP contribution in [0.1, 0.15) is 18.5 Å². The van der Waals surface area contributed by atoms with Gasteiger partial charge in [-0.1, -0.05) is 5.16 Å². The Morgan fingerprint density at radius 1 is 1.71 bits per heavy atom. The molecule has 5 heteroatoms. The van der Waals surface area contributed by atoms with Gasteiger partial charge < -0.3 is 15.2 Å². The third-order valence-electron chi connectivity index (χ3n) is 2.42. The molecule has 2 N–H and O–H groups in total. The van der Waals surface area contributed by atoms with Crippen molar-refractivity contribution in [1.29, 1.82) is 0 Å². The topological polar surface area (TPSA) is 72.4 Å². The van der Waals surface area contributed by atoms with Crippen molar-refractivity contribution in [3.05, 3.63) is 18.0 Å². The number of nitrogens with two attached hydrogens (primary N) is 1. The molecular weight excluding hydrogens is 182 g/mol. The first kappa shape index (κ1) is 9.21. The van der Waals surface area contributed by atoms with Gasteiger partial charge in [0.25, 0.3) is 0 Å². The average Bonchev–Trinajstić information content (AvgIpc) is 2.66. The molecule has 1 aromatic heterocycles. The van der Waals surface area contributed by atoms with Gasteiger partial charge in [-0.25, -0.2) is 0 Å². The maximum absolute atomic E-state index is 11.6. The van der Waals surface area contributed by atoms with E-state index in [1.807, 2.05) is 0 Å². The zero-order valence-corrected chi connectivity index (χ0v) is 7.85. The molecule has 1 aromatic rings. The van der Waals surface area contributed by atoms with E-state index in [2.05, 4.69) is 5.16 Å². The van der Waals surface area contributed by atoms with Gasteiger partial charge in [-0.2, -0.15) is 0 Å². The molecule has 1 saturated heterocycles. The highest BCUT2D eigenvalue weighted by molar-refractivity contribution is 5.82. The zero-order valence-electron chi connectivity index (χ0n) is 7.85. The fourth-order valence-corrected chi connectivity index (χ4v) is 1.64. The quantitative estimate of drug-likeness (QED) is 0.727. The van der Waals surface area contributed by atoms with Gasteiger partial charge in [0.1, 0.15) is 12.0 Å². The van der Waals surface area contributed by atoms with E-state index in [1.54, 1.807) is 11.0 Å². The summed E-state index contributed by atoms with van der Waals surface area (Å²) in [5, 5.41) is 3.76. The first-order chi connectivity index (χ1) is 6.77. The van der Waals surface area contributed by atoms with Crippen LogP contribution in [0.3, 0.4) is 0 Å². The van der Waals surface area contributed by atoms with E-state index < -0.39 is 0 Å². The Labute approximate surface area is 81.8 Å². The summed E-state index contributed by atoms with van der Waals surface area (Å²) in [5.74, 6) is 0.0132. The molecule has 0 radical (unpaired) electrons. The van der Waals surface area contributed by atoms with Gasteiger partial charge >= 0.3 is 0 Å². The molecule has 14 heavy (non-hydrogen) atoms. The Kier molecular flexibility index (Phi) is 2.49. The number of piperidine rings is 1. The molecule has 1 amide bonds. The molecule has 0 spiro atoms. The Bertz CT molecular complexity index is 310. The molecule has 76 valence electrons. The van der Waals surface area contributed by atoms with Crippen molar-refractivity contribution in [3.8, 4) is 0 Å². The predicted octanol–water partition coefficient (Wildman–Crippen LogP) is 0.124. The third-order valence-corrected chi connectivity index (χ3v) is 2.42. The summed E-state index contributed by atoms with van der Waals surface area (Å²) in [5.41, 5.74) is 6.43. The molecule has 1 aliphatic heterocycles. The van der Waals surface area contributed by atoms with E-state index in [0.29, 0.717) is 6.54 Å². The third kappa shape index (κ3) is 1.77. The van der Waals surface area contributed by atoms with E-state index in [0.717, 1.165) is 25.1 Å². The van der Waals surface area contributed by atoms with Crippen LogP contribution in [0, 0.1) is 0 Å². The van der Waals surface area contributed by atoms with Crippen LogP contribution in [0.5, 0.6) is 0 Å². The minimum atomic E-state index is -0.337. The van der Waals surface area contributed by atoms with Crippen LogP contribution in [-0.4, -0.2) is 28.6 Å². The van der Waals surface area contributed by atoms with Crippen molar-refractivity contribution in [2.45, 2.75) is 25.4 Å². The molecule has 1 atom stereocenters. The SMILES string of the molecule is NC1CCCN(Cc2ccon2)C1=O. The van der Waals surface area contributed by atoms with Crippen molar-refractivity contribution < 1.29 is 9.32 Å². The van der Waals surface area contributed by atoms with Crippen molar-refractivity contribution in [2.75, 3.05) is 6.54 Å². The molecule has 0 aliphatic carbocycles. The van der Waals surface area contributed by atoms with E-state index in [-0.39, 0.29) is 11.9 Å². The van der Waals surface area contributed by atoms with Crippen LogP contribution in [0.4, 0.5) is 0 Å². The standard InChI is InChI=1S/C9H13N3O2/c10-8-2-1-4-12(9(8)13)6-7-3-5-14-11-7/h3,5,8H,1-2,4,6,10H2. The van der Waals surface area contributed by atoms with Crippen LogP contribution < -0.4 is 5.73 Å². The maximum atomic E-state index is 11.6. The summed E-state index contributed by atoms with van der Waals surface area (Å²) in [6, 6.07) is 1.42. The van der Waals surface area contributed by atoms with Gasteiger partial charge in [0.15, 0.2) is 0 Å². The number of carbonyl (C=O) groups excluding carboxylic acids is 1. The lowest BCUT2D eigenvalue weighted by molar-refractivity contribution is -0.135. The van der Waals surface area contributed by atoms with Crippen molar-refractivity contribution in [1.82, 2.24) is 10.1 Å². The second kappa shape index (κ2) is 3.79. The Hall–Kier alpha value is -1.36. The Morgan fingerprint density at radius 3 is 3.29 bits per heavy atom. The van der Waals surface area contributed by atoms with Gasteiger partial charge in [0.05, 0.1) is 12.6 Å². The molecule has 2 heterocycles. The molecule has 1 aliphatic rings. The second-order valence-electron chi connectivity index (χ2n) is 3.50. The molecule has 0 aromatic carbocycles. The monoisotopic (exact) mass is 195 g/mol. The summed E-state index contributed by atoms with van der Waals surface area (Å²) in [4.78, 5) is 13.3. The van der Waals surface area contributed by atoms with E-state index in [9.17, 15) is 4.79 Å². The lowest BCUT2D eigenvalue weighted by Gasteiger charge is -2.29. The van der Waals surface area contributed by atoms with Gasteiger partial charge in [-0.05, 0) is 12.8 Å². The highest BCUT2D eigenvalue weighted by Gasteiger charge is 2.25. The van der Waals surface area contributed by atoms with Crippen LogP contribution in [0.15, 0.2) is 16.9 Å². The number of amides is 1. The molecule has 2 rings (SSSR count). The highest BCUT2D eigenvalue weighted by Crippen LogP contribution is 2.12. The second-order valence-corrected chi connectivity index (χ2v) is 3.50. The molecule has 1 unspecified atom stereocenters. The van der Waals surface area contributed by atoms with Gasteiger partial charge in [-0.3, -0.25) is 4.79 Å². The number of rotatable bonds is 2. The van der Waals surface area contributed by atoms with Crippen LogP contribution >= 0.6 is 0 Å². The summed E-state index contributed by atoms with van der Waals surface area (Å²) in [7, 11) is 0. The Balaban J connectivity index is 2.00. The fraction of sp³-hybridized carbons (Fsp3) is 0.556. The maximum Gasteiger partial charge on any atom is 0.239 e. The molecular formula is C9H13N3O2. The Morgan fingerprint density at radius 2 is 2.57 bits per heavy atom.